The second-order valence-electron chi connectivity index (χ2n) is 4.17. The van der Waals surface area contributed by atoms with Crippen LogP contribution >= 0.6 is 0 Å². The van der Waals surface area contributed by atoms with E-state index >= 15 is 0 Å². The Labute approximate surface area is 102 Å². The minimum absolute atomic E-state index is 0.117. The molecule has 0 aliphatic heterocycles. The van der Waals surface area contributed by atoms with Gasteiger partial charge >= 0.3 is 11.9 Å². The highest BCUT2D eigenvalue weighted by Crippen LogP contribution is 2.10. The molecule has 0 aliphatic carbocycles. The summed E-state index contributed by atoms with van der Waals surface area (Å²) in [5.41, 5.74) is -1.11. The van der Waals surface area contributed by atoms with Gasteiger partial charge in [-0.25, -0.2) is 0 Å². The Hall–Kier alpha value is -1.57. The van der Waals surface area contributed by atoms with Crippen molar-refractivity contribution in [2.45, 2.75) is 52.1 Å². The van der Waals surface area contributed by atoms with Gasteiger partial charge in [-0.05, 0) is 26.7 Å². The third-order valence-corrected chi connectivity index (χ3v) is 1.87. The van der Waals surface area contributed by atoms with Crippen LogP contribution in [0.3, 0.4) is 0 Å². The summed E-state index contributed by atoms with van der Waals surface area (Å²) in [4.78, 5) is 22.4. The van der Waals surface area contributed by atoms with Gasteiger partial charge in [-0.2, -0.15) is 5.26 Å². The average Bonchev–Trinajstić information content (AvgIpc) is 2.25. The molecule has 0 atom stereocenters. The van der Waals surface area contributed by atoms with Gasteiger partial charge in [-0.1, -0.05) is 6.92 Å². The number of nitriles is 1. The standard InChI is InChI=1S/C12H19NO4/c1-4-8-16-10(14)6-5-7-11(15)17-12(2,3)9-13/h4-8H2,1-3H3. The number of hydrogen-bond donors (Lipinski definition) is 0. The average molecular weight is 241 g/mol. The maximum Gasteiger partial charge on any atom is 0.307 e. The van der Waals surface area contributed by atoms with Crippen LogP contribution in [0, 0.1) is 11.3 Å². The lowest BCUT2D eigenvalue weighted by Gasteiger charge is -2.16. The number of esters is 2. The Balaban J connectivity index is 3.73. The monoisotopic (exact) mass is 241 g/mol. The van der Waals surface area contributed by atoms with Gasteiger partial charge < -0.3 is 9.47 Å². The molecule has 0 heterocycles. The van der Waals surface area contributed by atoms with Gasteiger partial charge in [-0.15, -0.1) is 0 Å². The second-order valence-corrected chi connectivity index (χ2v) is 4.17. The Morgan fingerprint density at radius 2 is 1.82 bits per heavy atom. The van der Waals surface area contributed by atoms with Crippen molar-refractivity contribution in [2.24, 2.45) is 0 Å². The Kier molecular flexibility index (Phi) is 6.95. The smallest absolute Gasteiger partial charge is 0.307 e. The summed E-state index contributed by atoms with van der Waals surface area (Å²) in [5.74, 6) is -0.779. The molecular formula is C12H19NO4. The van der Waals surface area contributed by atoms with Gasteiger partial charge in [0.1, 0.15) is 6.07 Å². The van der Waals surface area contributed by atoms with Crippen molar-refractivity contribution in [3.05, 3.63) is 0 Å². The summed E-state index contributed by atoms with van der Waals surface area (Å²) in [6, 6.07) is 1.86. The normalized spacial score (nSPS) is 10.5. The zero-order chi connectivity index (χ0) is 13.3. The van der Waals surface area contributed by atoms with Crippen molar-refractivity contribution >= 4 is 11.9 Å². The molecule has 17 heavy (non-hydrogen) atoms. The van der Waals surface area contributed by atoms with Gasteiger partial charge in [-0.3, -0.25) is 9.59 Å². The predicted octanol–water partition coefficient (Wildman–Crippen LogP) is 1.96. The molecule has 96 valence electrons. The molecule has 0 aromatic carbocycles. The Bertz CT molecular complexity index is 304. The van der Waals surface area contributed by atoms with Crippen LogP contribution < -0.4 is 0 Å². The van der Waals surface area contributed by atoms with Crippen molar-refractivity contribution in [1.82, 2.24) is 0 Å². The first-order valence-corrected chi connectivity index (χ1v) is 5.70. The molecule has 0 aromatic rings. The SMILES string of the molecule is CCCOC(=O)CCCC(=O)OC(C)(C)C#N. The molecule has 0 aliphatic rings. The topological polar surface area (TPSA) is 76.4 Å². The lowest BCUT2D eigenvalue weighted by Crippen LogP contribution is -2.25. The van der Waals surface area contributed by atoms with E-state index in [-0.39, 0.29) is 18.8 Å². The molecule has 5 nitrogen and oxygen atoms in total. The van der Waals surface area contributed by atoms with Crippen LogP contribution in [0.25, 0.3) is 0 Å². The fourth-order valence-corrected chi connectivity index (χ4v) is 1.02. The summed E-state index contributed by atoms with van der Waals surface area (Å²) < 4.78 is 9.75. The van der Waals surface area contributed by atoms with Crippen LogP contribution in [0.2, 0.25) is 0 Å². The van der Waals surface area contributed by atoms with E-state index < -0.39 is 11.6 Å². The van der Waals surface area contributed by atoms with Crippen LogP contribution in [0.4, 0.5) is 0 Å². The predicted molar refractivity (Wildman–Crippen MR) is 60.9 cm³/mol. The van der Waals surface area contributed by atoms with E-state index in [1.54, 1.807) is 0 Å². The van der Waals surface area contributed by atoms with E-state index in [9.17, 15) is 9.59 Å². The third kappa shape index (κ3) is 8.26. The van der Waals surface area contributed by atoms with E-state index in [1.807, 2.05) is 13.0 Å². The lowest BCUT2D eigenvalue weighted by atomic mass is 10.1. The molecule has 0 rings (SSSR count). The van der Waals surface area contributed by atoms with Crippen molar-refractivity contribution in [3.8, 4) is 6.07 Å². The number of nitrogens with zero attached hydrogens (tertiary/aromatic N) is 1. The van der Waals surface area contributed by atoms with Crippen LogP contribution in [-0.4, -0.2) is 24.1 Å². The van der Waals surface area contributed by atoms with Crippen molar-refractivity contribution in [1.29, 1.82) is 5.26 Å². The molecule has 0 N–H and O–H groups in total. The summed E-state index contributed by atoms with van der Waals surface area (Å²) in [5, 5.41) is 8.65. The number of carbonyl (C=O) groups excluding carboxylic acids is 2. The number of ether oxygens (including phenoxy) is 2. The van der Waals surface area contributed by atoms with Gasteiger partial charge in [0, 0.05) is 12.8 Å². The molecule has 0 amide bonds. The van der Waals surface area contributed by atoms with Crippen LogP contribution in [0.1, 0.15) is 46.5 Å². The summed E-state index contributed by atoms with van der Waals surface area (Å²) >= 11 is 0. The highest BCUT2D eigenvalue weighted by atomic mass is 16.6. The Morgan fingerprint density at radius 1 is 1.24 bits per heavy atom. The number of rotatable bonds is 7. The first-order valence-electron chi connectivity index (χ1n) is 5.70. The van der Waals surface area contributed by atoms with Gasteiger partial charge in [0.05, 0.1) is 6.61 Å². The zero-order valence-corrected chi connectivity index (χ0v) is 10.6. The van der Waals surface area contributed by atoms with Crippen LogP contribution in [0.5, 0.6) is 0 Å². The summed E-state index contributed by atoms with van der Waals surface area (Å²) in [6.07, 6.45) is 1.47. The molecule has 0 radical (unpaired) electrons. The zero-order valence-electron chi connectivity index (χ0n) is 10.6. The Morgan fingerprint density at radius 3 is 2.35 bits per heavy atom. The molecule has 0 aromatic heterocycles. The number of hydrogen-bond acceptors (Lipinski definition) is 5. The van der Waals surface area contributed by atoms with Crippen LogP contribution in [0.15, 0.2) is 0 Å². The molecule has 0 saturated carbocycles. The fraction of sp³-hybridized carbons (Fsp3) is 0.750. The molecule has 0 fully saturated rings. The molecule has 0 bridgehead atoms. The summed E-state index contributed by atoms with van der Waals surface area (Å²) in [7, 11) is 0. The minimum atomic E-state index is -1.11. The maximum absolute atomic E-state index is 11.3. The largest absolute Gasteiger partial charge is 0.466 e. The molecule has 5 heteroatoms. The lowest BCUT2D eigenvalue weighted by molar-refractivity contribution is -0.152. The van der Waals surface area contributed by atoms with Crippen LogP contribution in [-0.2, 0) is 19.1 Å². The highest BCUT2D eigenvalue weighted by molar-refractivity contribution is 5.72. The summed E-state index contributed by atoms with van der Waals surface area (Å²) in [6.45, 7) is 5.35. The van der Waals surface area contributed by atoms with Crippen molar-refractivity contribution in [2.75, 3.05) is 6.61 Å². The molecule has 0 unspecified atom stereocenters. The third-order valence-electron chi connectivity index (χ3n) is 1.87. The highest BCUT2D eigenvalue weighted by Gasteiger charge is 2.21. The first kappa shape index (κ1) is 15.4. The first-order chi connectivity index (χ1) is 7.91. The van der Waals surface area contributed by atoms with E-state index in [0.717, 1.165) is 6.42 Å². The second kappa shape index (κ2) is 7.66. The minimum Gasteiger partial charge on any atom is -0.466 e. The maximum atomic E-state index is 11.3. The van der Waals surface area contributed by atoms with E-state index in [4.69, 9.17) is 14.7 Å². The van der Waals surface area contributed by atoms with E-state index in [1.165, 1.54) is 13.8 Å². The molecule has 0 saturated heterocycles. The van der Waals surface area contributed by atoms with E-state index in [2.05, 4.69) is 0 Å². The number of carbonyl (C=O) groups is 2. The van der Waals surface area contributed by atoms with Gasteiger partial charge in [0.2, 0.25) is 0 Å². The van der Waals surface area contributed by atoms with Crippen molar-refractivity contribution in [3.63, 3.8) is 0 Å². The quantitative estimate of drug-likeness (QED) is 0.637. The van der Waals surface area contributed by atoms with Gasteiger partial charge in [0.15, 0.2) is 5.60 Å². The van der Waals surface area contributed by atoms with Crippen molar-refractivity contribution < 1.29 is 19.1 Å². The fourth-order valence-electron chi connectivity index (χ4n) is 1.02. The molecule has 0 spiro atoms. The van der Waals surface area contributed by atoms with Gasteiger partial charge in [0.25, 0.3) is 0 Å². The van der Waals surface area contributed by atoms with E-state index in [0.29, 0.717) is 13.0 Å². The molecular weight excluding hydrogens is 222 g/mol.